The molecule has 2 atom stereocenters. The Labute approximate surface area is 88.8 Å². The number of carbonyl (C=O) groups is 1. The molecule has 0 aromatic carbocycles. The first-order chi connectivity index (χ1) is 6.86. The summed E-state index contributed by atoms with van der Waals surface area (Å²) in [6.45, 7) is 0. The summed E-state index contributed by atoms with van der Waals surface area (Å²) in [7, 11) is 0.961. The molecule has 0 spiro atoms. The topological polar surface area (TPSA) is 17.1 Å². The number of carbonyl (C=O) groups excluding carboxylic acids is 1. The Balaban J connectivity index is 1.79. The quantitative estimate of drug-likeness (QED) is 0.640. The Hall–Kier alpha value is 0.100. The highest BCUT2D eigenvalue weighted by atomic mass is 31.1. The van der Waals surface area contributed by atoms with Gasteiger partial charge in [0.1, 0.15) is 5.78 Å². The lowest BCUT2D eigenvalue weighted by Crippen LogP contribution is -2.23. The summed E-state index contributed by atoms with van der Waals surface area (Å²) >= 11 is 0. The number of ketones is 1. The summed E-state index contributed by atoms with van der Waals surface area (Å²) in [5.74, 6) is 0.583. The lowest BCUT2D eigenvalue weighted by molar-refractivity contribution is -0.119. The van der Waals surface area contributed by atoms with Crippen LogP contribution in [0, 0.1) is 0 Å². The van der Waals surface area contributed by atoms with E-state index in [1.807, 2.05) is 0 Å². The first-order valence-electron chi connectivity index (χ1n) is 6.15. The fourth-order valence-electron chi connectivity index (χ4n) is 2.71. The molecule has 0 heterocycles. The largest absolute Gasteiger partial charge is 0.299 e. The van der Waals surface area contributed by atoms with E-state index < -0.39 is 0 Å². The van der Waals surface area contributed by atoms with Crippen molar-refractivity contribution in [2.24, 2.45) is 0 Å². The van der Waals surface area contributed by atoms with E-state index in [2.05, 4.69) is 0 Å². The van der Waals surface area contributed by atoms with Gasteiger partial charge in [0.05, 0.1) is 0 Å². The number of Topliss-reactive ketones (excluding diaryl/α,β-unsaturated/α-hetero) is 1. The van der Waals surface area contributed by atoms with Gasteiger partial charge in [0.25, 0.3) is 0 Å². The van der Waals surface area contributed by atoms with Crippen LogP contribution in [0.3, 0.4) is 0 Å². The molecular weight excluding hydrogens is 191 g/mol. The van der Waals surface area contributed by atoms with Crippen molar-refractivity contribution in [3.05, 3.63) is 0 Å². The van der Waals surface area contributed by atoms with Crippen molar-refractivity contribution in [2.75, 3.05) is 0 Å². The molecule has 1 nitrogen and oxygen atoms in total. The normalized spacial score (nSPS) is 31.4. The molecular formula is C12H21OP. The van der Waals surface area contributed by atoms with Crippen molar-refractivity contribution in [1.82, 2.24) is 0 Å². The first-order valence-corrected chi connectivity index (χ1v) is 7.30. The molecule has 2 fully saturated rings. The minimum atomic E-state index is 0.479. The molecule has 0 aliphatic heterocycles. The molecule has 0 aromatic rings. The van der Waals surface area contributed by atoms with Crippen molar-refractivity contribution in [1.29, 1.82) is 0 Å². The SMILES string of the molecule is O=C1CCCCC1PC1CCCCC1. The summed E-state index contributed by atoms with van der Waals surface area (Å²) in [6.07, 6.45) is 11.6. The van der Waals surface area contributed by atoms with Gasteiger partial charge in [-0.1, -0.05) is 25.7 Å². The van der Waals surface area contributed by atoms with Crippen LogP contribution < -0.4 is 0 Å². The molecule has 2 aliphatic carbocycles. The third-order valence-corrected chi connectivity index (χ3v) is 5.66. The molecule has 0 radical (unpaired) electrons. The minimum Gasteiger partial charge on any atom is -0.299 e. The van der Waals surface area contributed by atoms with Gasteiger partial charge in [0.2, 0.25) is 0 Å². The monoisotopic (exact) mass is 212 g/mol. The second-order valence-corrected chi connectivity index (χ2v) is 6.61. The standard InChI is InChI=1S/C12H21OP/c13-11-8-4-5-9-12(11)14-10-6-2-1-3-7-10/h10,12,14H,1-9H2. The second kappa shape index (κ2) is 5.26. The number of hydrogen-bond acceptors (Lipinski definition) is 1. The fourth-order valence-corrected chi connectivity index (χ4v) is 4.72. The van der Waals surface area contributed by atoms with Crippen molar-refractivity contribution < 1.29 is 4.79 Å². The van der Waals surface area contributed by atoms with Crippen LogP contribution in [-0.4, -0.2) is 17.1 Å². The van der Waals surface area contributed by atoms with Crippen LogP contribution in [0.2, 0.25) is 0 Å². The van der Waals surface area contributed by atoms with E-state index in [1.54, 1.807) is 0 Å². The molecule has 2 heteroatoms. The molecule has 0 amide bonds. The highest BCUT2D eigenvalue weighted by molar-refractivity contribution is 7.41. The summed E-state index contributed by atoms with van der Waals surface area (Å²) in [4.78, 5) is 11.7. The smallest absolute Gasteiger partial charge is 0.139 e. The minimum absolute atomic E-state index is 0.479. The lowest BCUT2D eigenvalue weighted by Gasteiger charge is -2.28. The van der Waals surface area contributed by atoms with E-state index in [0.29, 0.717) is 11.4 Å². The van der Waals surface area contributed by atoms with Crippen molar-refractivity contribution in [3.8, 4) is 0 Å². The molecule has 0 aromatic heterocycles. The van der Waals surface area contributed by atoms with Crippen molar-refractivity contribution >= 4 is 14.4 Å². The number of hydrogen-bond donors (Lipinski definition) is 0. The number of rotatable bonds is 2. The Morgan fingerprint density at radius 3 is 2.36 bits per heavy atom. The predicted octanol–water partition coefficient (Wildman–Crippen LogP) is 3.51. The molecule has 2 aliphatic rings. The average molecular weight is 212 g/mol. The van der Waals surface area contributed by atoms with Gasteiger partial charge in [-0.3, -0.25) is 4.79 Å². The molecule has 2 rings (SSSR count). The molecule has 14 heavy (non-hydrogen) atoms. The maximum atomic E-state index is 11.7. The van der Waals surface area contributed by atoms with Crippen molar-refractivity contribution in [2.45, 2.75) is 69.1 Å². The Morgan fingerprint density at radius 1 is 0.929 bits per heavy atom. The summed E-state index contributed by atoms with van der Waals surface area (Å²) in [5.41, 5.74) is 1.39. The van der Waals surface area contributed by atoms with Crippen LogP contribution in [0.25, 0.3) is 0 Å². The zero-order valence-electron chi connectivity index (χ0n) is 8.93. The van der Waals surface area contributed by atoms with Crippen LogP contribution in [0.15, 0.2) is 0 Å². The highest BCUT2D eigenvalue weighted by Gasteiger charge is 2.25. The molecule has 2 saturated carbocycles. The lowest BCUT2D eigenvalue weighted by atomic mass is 9.99. The fraction of sp³-hybridized carbons (Fsp3) is 0.917. The molecule has 0 N–H and O–H groups in total. The molecule has 0 bridgehead atoms. The summed E-state index contributed by atoms with van der Waals surface area (Å²) < 4.78 is 0. The van der Waals surface area contributed by atoms with Crippen LogP contribution in [0.4, 0.5) is 0 Å². The average Bonchev–Trinajstić information content (AvgIpc) is 2.23. The Kier molecular flexibility index (Phi) is 3.99. The second-order valence-electron chi connectivity index (χ2n) is 4.77. The Morgan fingerprint density at radius 2 is 1.64 bits per heavy atom. The third kappa shape index (κ3) is 2.79. The first kappa shape index (κ1) is 10.6. The van der Waals surface area contributed by atoms with Crippen LogP contribution in [0.5, 0.6) is 0 Å². The van der Waals surface area contributed by atoms with Crippen LogP contribution in [-0.2, 0) is 4.79 Å². The van der Waals surface area contributed by atoms with E-state index in [4.69, 9.17) is 0 Å². The van der Waals surface area contributed by atoms with Gasteiger partial charge < -0.3 is 0 Å². The zero-order valence-corrected chi connectivity index (χ0v) is 9.93. The van der Waals surface area contributed by atoms with E-state index in [9.17, 15) is 4.79 Å². The molecule has 80 valence electrons. The van der Waals surface area contributed by atoms with Gasteiger partial charge in [-0.25, -0.2) is 0 Å². The maximum absolute atomic E-state index is 11.7. The van der Waals surface area contributed by atoms with Crippen molar-refractivity contribution in [3.63, 3.8) is 0 Å². The van der Waals surface area contributed by atoms with Gasteiger partial charge in [0, 0.05) is 12.1 Å². The van der Waals surface area contributed by atoms with E-state index in [0.717, 1.165) is 27.1 Å². The third-order valence-electron chi connectivity index (χ3n) is 3.60. The Bertz CT molecular complexity index is 196. The maximum Gasteiger partial charge on any atom is 0.139 e. The highest BCUT2D eigenvalue weighted by Crippen LogP contribution is 2.40. The molecule has 0 saturated heterocycles. The van der Waals surface area contributed by atoms with E-state index >= 15 is 0 Å². The van der Waals surface area contributed by atoms with Crippen LogP contribution >= 0.6 is 8.58 Å². The predicted molar refractivity (Wildman–Crippen MR) is 62.5 cm³/mol. The van der Waals surface area contributed by atoms with Gasteiger partial charge in [-0.2, -0.15) is 0 Å². The van der Waals surface area contributed by atoms with Crippen LogP contribution in [0.1, 0.15) is 57.8 Å². The summed E-state index contributed by atoms with van der Waals surface area (Å²) in [6, 6.07) is 0. The van der Waals surface area contributed by atoms with Gasteiger partial charge in [-0.15, -0.1) is 8.58 Å². The van der Waals surface area contributed by atoms with Gasteiger partial charge in [0.15, 0.2) is 0 Å². The molecule has 2 unspecified atom stereocenters. The van der Waals surface area contributed by atoms with Gasteiger partial charge >= 0.3 is 0 Å². The van der Waals surface area contributed by atoms with Gasteiger partial charge in [-0.05, 0) is 31.3 Å². The van der Waals surface area contributed by atoms with E-state index in [1.165, 1.54) is 44.9 Å². The zero-order chi connectivity index (χ0) is 9.80. The van der Waals surface area contributed by atoms with E-state index in [-0.39, 0.29) is 0 Å². The summed E-state index contributed by atoms with van der Waals surface area (Å²) in [5, 5.41) is 0.